The number of aliphatic hydroxyl groups excluding tert-OH is 1. The number of amides is 1. The predicted octanol–water partition coefficient (Wildman–Crippen LogP) is -2.93. The van der Waals surface area contributed by atoms with Crippen LogP contribution in [0.15, 0.2) is 0 Å². The maximum absolute atomic E-state index is 9.93. The molecule has 0 aromatic rings. The Morgan fingerprint density at radius 1 is 2.00 bits per heavy atom. The minimum atomic E-state index is -0.653. The topological polar surface area (TPSA) is 91.0 Å². The molecule has 0 aliphatic heterocycles. The number of rotatable bonds is 2. The first-order valence-corrected chi connectivity index (χ1v) is 1.91. The summed E-state index contributed by atoms with van der Waals surface area (Å²) in [5.74, 6) is -0.567. The van der Waals surface area contributed by atoms with Crippen molar-refractivity contribution in [2.24, 2.45) is 5.73 Å². The molecule has 0 radical (unpaired) electrons. The van der Waals surface area contributed by atoms with Crippen LogP contribution in [0.3, 0.4) is 0 Å². The van der Waals surface area contributed by atoms with Crippen LogP contribution in [0, 0.1) is 0 Å². The van der Waals surface area contributed by atoms with Gasteiger partial charge in [0, 0.05) is 0 Å². The van der Waals surface area contributed by atoms with Gasteiger partial charge in [-0.2, -0.15) is 0 Å². The van der Waals surface area contributed by atoms with Gasteiger partial charge in [-0.25, -0.2) is 0 Å². The summed E-state index contributed by atoms with van der Waals surface area (Å²) in [6, 6.07) is -0.653. The average molecular weight is 105 g/mol. The molecule has 42 valence electrons. The van der Waals surface area contributed by atoms with E-state index in [1.807, 2.05) is 0 Å². The number of hydrogen-bond acceptors (Lipinski definition) is 2. The lowest BCUT2D eigenvalue weighted by molar-refractivity contribution is -0.408. The maximum Gasteiger partial charge on any atom is 0.278 e. The van der Waals surface area contributed by atoms with Crippen molar-refractivity contribution in [2.45, 2.75) is 6.04 Å². The van der Waals surface area contributed by atoms with Gasteiger partial charge in [-0.1, -0.05) is 0 Å². The number of hydrogen-bond donors (Lipinski definition) is 3. The second-order valence-electron chi connectivity index (χ2n) is 1.28. The third-order valence-electron chi connectivity index (χ3n) is 0.623. The number of quaternary nitrogens is 1. The lowest BCUT2D eigenvalue weighted by atomic mass is 10.3. The molecule has 0 heterocycles. The van der Waals surface area contributed by atoms with E-state index in [0.717, 1.165) is 0 Å². The SMILES string of the molecule is NC(=O)C([NH3+])CO. The highest BCUT2D eigenvalue weighted by atomic mass is 16.3. The highest BCUT2D eigenvalue weighted by Gasteiger charge is 2.08. The van der Waals surface area contributed by atoms with Gasteiger partial charge in [-0.15, -0.1) is 0 Å². The Morgan fingerprint density at radius 3 is 2.43 bits per heavy atom. The van der Waals surface area contributed by atoms with Gasteiger partial charge in [0.25, 0.3) is 5.91 Å². The summed E-state index contributed by atoms with van der Waals surface area (Å²) >= 11 is 0. The molecule has 1 atom stereocenters. The Bertz CT molecular complexity index is 73.3. The molecular weight excluding hydrogens is 96.0 g/mol. The van der Waals surface area contributed by atoms with E-state index in [0.29, 0.717) is 0 Å². The van der Waals surface area contributed by atoms with E-state index < -0.39 is 11.9 Å². The van der Waals surface area contributed by atoms with Crippen LogP contribution >= 0.6 is 0 Å². The van der Waals surface area contributed by atoms with Crippen molar-refractivity contribution in [1.29, 1.82) is 0 Å². The Balaban J connectivity index is 3.34. The van der Waals surface area contributed by atoms with Crippen molar-refractivity contribution in [3.05, 3.63) is 0 Å². The zero-order chi connectivity index (χ0) is 5.86. The minimum Gasteiger partial charge on any atom is -0.390 e. The summed E-state index contributed by atoms with van der Waals surface area (Å²) in [6.07, 6.45) is 0. The van der Waals surface area contributed by atoms with Gasteiger partial charge in [0.2, 0.25) is 0 Å². The molecule has 1 unspecified atom stereocenters. The average Bonchev–Trinajstić information content (AvgIpc) is 1.65. The molecule has 0 saturated heterocycles. The highest BCUT2D eigenvalue weighted by molar-refractivity contribution is 5.78. The first kappa shape index (κ1) is 6.39. The number of carbonyl (C=O) groups excluding carboxylic acids is 1. The van der Waals surface area contributed by atoms with E-state index in [1.54, 1.807) is 0 Å². The zero-order valence-corrected chi connectivity index (χ0v) is 3.92. The molecule has 0 aromatic heterocycles. The molecule has 0 fully saturated rings. The van der Waals surface area contributed by atoms with Crippen molar-refractivity contribution in [3.8, 4) is 0 Å². The van der Waals surface area contributed by atoms with E-state index in [1.165, 1.54) is 0 Å². The van der Waals surface area contributed by atoms with Gasteiger partial charge < -0.3 is 16.6 Å². The van der Waals surface area contributed by atoms with Gasteiger partial charge in [0.15, 0.2) is 6.04 Å². The lowest BCUT2D eigenvalue weighted by Crippen LogP contribution is -2.68. The van der Waals surface area contributed by atoms with Gasteiger partial charge >= 0.3 is 0 Å². The molecule has 0 aromatic carbocycles. The van der Waals surface area contributed by atoms with Crippen LogP contribution in [-0.2, 0) is 4.79 Å². The number of nitrogens with two attached hydrogens (primary N) is 1. The van der Waals surface area contributed by atoms with E-state index >= 15 is 0 Å². The molecule has 1 amide bonds. The molecule has 7 heavy (non-hydrogen) atoms. The number of primary amides is 1. The highest BCUT2D eigenvalue weighted by Crippen LogP contribution is 1.63. The molecule has 0 aliphatic rings. The zero-order valence-electron chi connectivity index (χ0n) is 3.92. The standard InChI is InChI=1S/C3H8N2O2/c4-2(1-6)3(5)7/h2,6H,1,4H2,(H2,5,7)/p+1. The van der Waals surface area contributed by atoms with E-state index in [9.17, 15) is 4.79 Å². The fourth-order valence-electron chi connectivity index (χ4n) is 0.0900. The van der Waals surface area contributed by atoms with Crippen LogP contribution in [0.4, 0.5) is 0 Å². The van der Waals surface area contributed by atoms with Crippen molar-refractivity contribution in [2.75, 3.05) is 6.61 Å². The molecule has 6 N–H and O–H groups in total. The summed E-state index contributed by atoms with van der Waals surface area (Å²) in [5.41, 5.74) is 7.92. The van der Waals surface area contributed by atoms with Crippen LogP contribution in [0.1, 0.15) is 0 Å². The van der Waals surface area contributed by atoms with Crippen LogP contribution in [0.2, 0.25) is 0 Å². The minimum absolute atomic E-state index is 0.269. The Hall–Kier alpha value is -0.610. The summed E-state index contributed by atoms with van der Waals surface area (Å²) in [7, 11) is 0. The van der Waals surface area contributed by atoms with Crippen molar-refractivity contribution >= 4 is 5.91 Å². The second kappa shape index (κ2) is 2.54. The van der Waals surface area contributed by atoms with Gasteiger partial charge in [-0.3, -0.25) is 4.79 Å². The van der Waals surface area contributed by atoms with Gasteiger partial charge in [0.05, 0.1) is 0 Å². The summed E-state index contributed by atoms with van der Waals surface area (Å²) in [5, 5.41) is 8.14. The largest absolute Gasteiger partial charge is 0.390 e. The third kappa shape index (κ3) is 2.13. The molecule has 0 aliphatic carbocycles. The smallest absolute Gasteiger partial charge is 0.278 e. The fraction of sp³-hybridized carbons (Fsp3) is 0.667. The maximum atomic E-state index is 9.93. The van der Waals surface area contributed by atoms with Crippen molar-refractivity contribution < 1.29 is 15.6 Å². The van der Waals surface area contributed by atoms with Crippen LogP contribution < -0.4 is 11.5 Å². The first-order chi connectivity index (χ1) is 3.18. The van der Waals surface area contributed by atoms with Crippen LogP contribution in [0.5, 0.6) is 0 Å². The molecule has 4 nitrogen and oxygen atoms in total. The first-order valence-electron chi connectivity index (χ1n) is 1.91. The molecule has 0 bridgehead atoms. The molecule has 0 spiro atoms. The van der Waals surface area contributed by atoms with Crippen LogP contribution in [-0.4, -0.2) is 23.7 Å². The fourth-order valence-corrected chi connectivity index (χ4v) is 0.0900. The number of carbonyl (C=O) groups is 1. The van der Waals surface area contributed by atoms with Crippen molar-refractivity contribution in [3.63, 3.8) is 0 Å². The molecule has 0 saturated carbocycles. The molecule has 0 rings (SSSR count). The summed E-state index contributed by atoms with van der Waals surface area (Å²) < 4.78 is 0. The molecular formula is C3H9N2O2+. The lowest BCUT2D eigenvalue weighted by Gasteiger charge is -1.94. The van der Waals surface area contributed by atoms with Crippen LogP contribution in [0.25, 0.3) is 0 Å². The Kier molecular flexibility index (Phi) is 2.32. The predicted molar refractivity (Wildman–Crippen MR) is 23.0 cm³/mol. The second-order valence-corrected chi connectivity index (χ2v) is 1.28. The normalized spacial score (nSPS) is 13.4. The Morgan fingerprint density at radius 2 is 2.43 bits per heavy atom. The third-order valence-corrected chi connectivity index (χ3v) is 0.623. The molecule has 4 heteroatoms. The summed E-state index contributed by atoms with van der Waals surface area (Å²) in [6.45, 7) is -0.269. The van der Waals surface area contributed by atoms with Gasteiger partial charge in [0.1, 0.15) is 6.61 Å². The van der Waals surface area contributed by atoms with E-state index in [2.05, 4.69) is 11.5 Å². The number of aliphatic hydroxyl groups is 1. The quantitative estimate of drug-likeness (QED) is 0.351. The summed E-state index contributed by atoms with van der Waals surface area (Å²) in [4.78, 5) is 9.93. The van der Waals surface area contributed by atoms with Crippen molar-refractivity contribution in [1.82, 2.24) is 0 Å². The van der Waals surface area contributed by atoms with E-state index in [-0.39, 0.29) is 6.61 Å². The Labute approximate surface area is 41.1 Å². The van der Waals surface area contributed by atoms with E-state index in [4.69, 9.17) is 5.11 Å². The monoisotopic (exact) mass is 105 g/mol. The van der Waals surface area contributed by atoms with Gasteiger partial charge in [-0.05, 0) is 0 Å².